The lowest BCUT2D eigenvalue weighted by Crippen LogP contribution is -2.12. The molecule has 0 aliphatic rings. The predicted octanol–water partition coefficient (Wildman–Crippen LogP) is 3.73. The smallest absolute Gasteiger partial charge is 0.263 e. The Kier molecular flexibility index (Phi) is 4.04. The highest BCUT2D eigenvalue weighted by molar-refractivity contribution is 7.92. The summed E-state index contributed by atoms with van der Waals surface area (Å²) in [7, 11) is -3.70. The molecule has 2 rings (SSSR count). The number of halogens is 2. The van der Waals surface area contributed by atoms with Crippen LogP contribution in [0.2, 0.25) is 0 Å². The van der Waals surface area contributed by atoms with Gasteiger partial charge in [-0.05, 0) is 31.2 Å². The molecule has 6 heteroatoms. The van der Waals surface area contributed by atoms with E-state index in [-0.39, 0.29) is 16.1 Å². The Morgan fingerprint density at radius 2 is 1.50 bits per heavy atom. The number of hydrogen-bond donors (Lipinski definition) is 1. The molecule has 0 fully saturated rings. The molecule has 0 spiro atoms. The van der Waals surface area contributed by atoms with Crippen molar-refractivity contribution in [2.75, 3.05) is 4.72 Å². The van der Waals surface area contributed by atoms with E-state index >= 15 is 0 Å². The van der Waals surface area contributed by atoms with Gasteiger partial charge in [0.15, 0.2) is 0 Å². The van der Waals surface area contributed by atoms with Gasteiger partial charge in [-0.25, -0.2) is 17.2 Å². The van der Waals surface area contributed by atoms with Crippen molar-refractivity contribution >= 4 is 15.7 Å². The van der Waals surface area contributed by atoms with Crippen LogP contribution in [-0.4, -0.2) is 8.42 Å². The average Bonchev–Trinajstić information content (AvgIpc) is 2.39. The lowest BCUT2D eigenvalue weighted by Gasteiger charge is -2.09. The van der Waals surface area contributed by atoms with Crippen molar-refractivity contribution in [3.8, 4) is 0 Å². The minimum Gasteiger partial charge on any atom is -0.280 e. The molecular weight excluding hydrogens is 284 g/mol. The van der Waals surface area contributed by atoms with Gasteiger partial charge in [0.1, 0.15) is 0 Å². The molecule has 0 heterocycles. The van der Waals surface area contributed by atoms with Gasteiger partial charge in [-0.1, -0.05) is 29.8 Å². The van der Waals surface area contributed by atoms with Crippen molar-refractivity contribution in [3.63, 3.8) is 0 Å². The molecular formula is C14H13F2NO2S. The highest BCUT2D eigenvalue weighted by atomic mass is 32.2. The number of nitrogens with one attached hydrogen (secondary N) is 1. The Morgan fingerprint density at radius 3 is 2.00 bits per heavy atom. The normalized spacial score (nSPS) is 11.6. The quantitative estimate of drug-likeness (QED) is 0.934. The monoisotopic (exact) mass is 297 g/mol. The molecule has 0 radical (unpaired) electrons. The highest BCUT2D eigenvalue weighted by Gasteiger charge is 2.14. The van der Waals surface area contributed by atoms with Crippen molar-refractivity contribution in [3.05, 3.63) is 59.7 Å². The van der Waals surface area contributed by atoms with Crippen LogP contribution in [0.1, 0.15) is 17.6 Å². The maximum atomic E-state index is 12.4. The summed E-state index contributed by atoms with van der Waals surface area (Å²) in [6, 6.07) is 11.4. The number of aryl methyl sites for hydroxylation is 1. The van der Waals surface area contributed by atoms with Gasteiger partial charge in [-0.3, -0.25) is 4.72 Å². The van der Waals surface area contributed by atoms with Crippen LogP contribution in [0.3, 0.4) is 0 Å². The van der Waals surface area contributed by atoms with Crippen LogP contribution in [-0.2, 0) is 10.0 Å². The van der Waals surface area contributed by atoms with Crippen LogP contribution in [0.25, 0.3) is 0 Å². The zero-order valence-electron chi connectivity index (χ0n) is 10.7. The van der Waals surface area contributed by atoms with Crippen molar-refractivity contribution in [2.24, 2.45) is 0 Å². The minimum absolute atomic E-state index is 0.126. The fraction of sp³-hybridized carbons (Fsp3) is 0.143. The molecule has 0 bridgehead atoms. The van der Waals surface area contributed by atoms with Gasteiger partial charge in [0.25, 0.3) is 16.4 Å². The molecule has 0 saturated carbocycles. The van der Waals surface area contributed by atoms with Crippen LogP contribution in [0.5, 0.6) is 0 Å². The molecule has 0 amide bonds. The first kappa shape index (κ1) is 14.5. The van der Waals surface area contributed by atoms with Gasteiger partial charge < -0.3 is 0 Å². The summed E-state index contributed by atoms with van der Waals surface area (Å²) in [5, 5.41) is 0. The Bertz CT molecular complexity index is 680. The summed E-state index contributed by atoms with van der Waals surface area (Å²) in [6.45, 7) is 1.85. The van der Waals surface area contributed by atoms with Gasteiger partial charge in [-0.2, -0.15) is 0 Å². The maximum absolute atomic E-state index is 12.4. The molecule has 0 aromatic heterocycles. The number of hydrogen-bond acceptors (Lipinski definition) is 2. The molecule has 3 nitrogen and oxygen atoms in total. The largest absolute Gasteiger partial charge is 0.280 e. The van der Waals surface area contributed by atoms with Crippen LogP contribution >= 0.6 is 0 Å². The number of anilines is 1. The Hall–Kier alpha value is -1.95. The molecule has 106 valence electrons. The third-order valence-corrected chi connectivity index (χ3v) is 4.14. The summed E-state index contributed by atoms with van der Waals surface area (Å²) in [4.78, 5) is 0.126. The van der Waals surface area contributed by atoms with Crippen LogP contribution < -0.4 is 4.72 Å². The van der Waals surface area contributed by atoms with Gasteiger partial charge in [-0.15, -0.1) is 0 Å². The number of sulfonamides is 1. The van der Waals surface area contributed by atoms with Crippen molar-refractivity contribution in [2.45, 2.75) is 18.2 Å². The molecule has 0 saturated heterocycles. The Morgan fingerprint density at radius 1 is 0.950 bits per heavy atom. The van der Waals surface area contributed by atoms with E-state index in [1.54, 1.807) is 12.1 Å². The van der Waals surface area contributed by atoms with Gasteiger partial charge in [0.2, 0.25) is 0 Å². The molecule has 0 aliphatic carbocycles. The third kappa shape index (κ3) is 3.33. The summed E-state index contributed by atoms with van der Waals surface area (Å²) < 4.78 is 51.3. The first-order valence-electron chi connectivity index (χ1n) is 5.86. The molecule has 20 heavy (non-hydrogen) atoms. The zero-order valence-corrected chi connectivity index (χ0v) is 11.5. The first-order valence-corrected chi connectivity index (χ1v) is 7.34. The van der Waals surface area contributed by atoms with E-state index in [2.05, 4.69) is 4.72 Å². The Balaban J connectivity index is 2.22. The summed E-state index contributed by atoms with van der Waals surface area (Å²) in [5.74, 6) is 0. The van der Waals surface area contributed by atoms with Crippen LogP contribution in [0.15, 0.2) is 53.4 Å². The standard InChI is InChI=1S/C14H13F2NO2S/c1-10-2-8-13(9-3-10)20(18,19)17-12-6-4-11(5-7-12)14(15)16/h2-9,14,17H,1H3. The number of alkyl halides is 2. The van der Waals surface area contributed by atoms with E-state index in [4.69, 9.17) is 0 Å². The highest BCUT2D eigenvalue weighted by Crippen LogP contribution is 2.22. The third-order valence-electron chi connectivity index (χ3n) is 2.75. The predicted molar refractivity (Wildman–Crippen MR) is 73.4 cm³/mol. The van der Waals surface area contributed by atoms with Crippen molar-refractivity contribution in [1.29, 1.82) is 0 Å². The van der Waals surface area contributed by atoms with Gasteiger partial charge in [0.05, 0.1) is 4.90 Å². The molecule has 0 aliphatic heterocycles. The topological polar surface area (TPSA) is 46.2 Å². The average molecular weight is 297 g/mol. The fourth-order valence-electron chi connectivity index (χ4n) is 1.63. The Labute approximate surface area is 116 Å². The van der Waals surface area contributed by atoms with E-state index in [9.17, 15) is 17.2 Å². The van der Waals surface area contributed by atoms with E-state index in [0.29, 0.717) is 0 Å². The second kappa shape index (κ2) is 5.58. The van der Waals surface area contributed by atoms with Gasteiger partial charge in [0, 0.05) is 11.3 Å². The summed E-state index contributed by atoms with van der Waals surface area (Å²) >= 11 is 0. The SMILES string of the molecule is Cc1ccc(S(=O)(=O)Nc2ccc(C(F)F)cc2)cc1. The second-order valence-corrected chi connectivity index (χ2v) is 6.02. The number of benzene rings is 2. The summed E-state index contributed by atoms with van der Waals surface area (Å²) in [5.41, 5.74) is 1.04. The molecule has 1 N–H and O–H groups in total. The van der Waals surface area contributed by atoms with Crippen molar-refractivity contribution < 1.29 is 17.2 Å². The van der Waals surface area contributed by atoms with E-state index < -0.39 is 16.4 Å². The van der Waals surface area contributed by atoms with Crippen LogP contribution in [0, 0.1) is 6.92 Å². The first-order chi connectivity index (χ1) is 9.38. The van der Waals surface area contributed by atoms with Gasteiger partial charge >= 0.3 is 0 Å². The lowest BCUT2D eigenvalue weighted by atomic mass is 10.2. The zero-order chi connectivity index (χ0) is 14.8. The van der Waals surface area contributed by atoms with Crippen LogP contribution in [0.4, 0.5) is 14.5 Å². The molecule has 2 aromatic rings. The molecule has 2 aromatic carbocycles. The van der Waals surface area contributed by atoms with E-state index in [0.717, 1.165) is 5.56 Å². The second-order valence-electron chi connectivity index (χ2n) is 4.34. The van der Waals surface area contributed by atoms with E-state index in [1.165, 1.54) is 36.4 Å². The lowest BCUT2D eigenvalue weighted by molar-refractivity contribution is 0.151. The minimum atomic E-state index is -3.70. The molecule has 0 atom stereocenters. The maximum Gasteiger partial charge on any atom is 0.263 e. The number of rotatable bonds is 4. The molecule has 0 unspecified atom stereocenters. The van der Waals surface area contributed by atoms with Crippen molar-refractivity contribution in [1.82, 2.24) is 0 Å². The summed E-state index contributed by atoms with van der Waals surface area (Å²) in [6.07, 6.45) is -2.57. The van der Waals surface area contributed by atoms with E-state index in [1.807, 2.05) is 6.92 Å². The fourth-order valence-corrected chi connectivity index (χ4v) is 2.69.